The highest BCUT2D eigenvalue weighted by molar-refractivity contribution is 7.88. The second-order valence-corrected chi connectivity index (χ2v) is 6.83. The van der Waals surface area contributed by atoms with Crippen molar-refractivity contribution in [1.29, 1.82) is 0 Å². The van der Waals surface area contributed by atoms with Crippen LogP contribution in [-0.2, 0) is 20.6 Å². The first-order valence-electron chi connectivity index (χ1n) is 5.75. The summed E-state index contributed by atoms with van der Waals surface area (Å²) in [4.78, 5) is 11.1. The first kappa shape index (κ1) is 15.5. The Morgan fingerprint density at radius 3 is 2.42 bits per heavy atom. The van der Waals surface area contributed by atoms with Crippen molar-refractivity contribution >= 4 is 21.6 Å². The number of rotatable bonds is 6. The van der Waals surface area contributed by atoms with E-state index in [9.17, 15) is 13.2 Å². The number of hydrogen-bond acceptors (Lipinski definition) is 4. The van der Waals surface area contributed by atoms with Gasteiger partial charge in [-0.1, -0.05) is 18.2 Å². The van der Waals surface area contributed by atoms with Crippen LogP contribution < -0.4 is 16.2 Å². The average Bonchev–Trinajstić information content (AvgIpc) is 2.30. The van der Waals surface area contributed by atoms with Crippen LogP contribution in [0.3, 0.4) is 0 Å². The number of anilines is 1. The van der Waals surface area contributed by atoms with E-state index in [2.05, 4.69) is 4.72 Å². The molecule has 0 radical (unpaired) electrons. The fraction of sp³-hybridized carbons (Fsp3) is 0.417. The number of carbonyl (C=O) groups excluding carboxylic acids is 1. The molecule has 0 aromatic heterocycles. The highest BCUT2D eigenvalue weighted by atomic mass is 32.2. The minimum Gasteiger partial charge on any atom is -0.398 e. The fourth-order valence-corrected chi connectivity index (χ4v) is 2.65. The van der Waals surface area contributed by atoms with Gasteiger partial charge in [-0.3, -0.25) is 4.79 Å². The number of nitrogens with one attached hydrogen (secondary N) is 1. The van der Waals surface area contributed by atoms with Gasteiger partial charge in [-0.15, -0.1) is 0 Å². The highest BCUT2D eigenvalue weighted by Gasteiger charge is 2.27. The maximum absolute atomic E-state index is 11.9. The summed E-state index contributed by atoms with van der Waals surface area (Å²) < 4.78 is 26.2. The predicted octanol–water partition coefficient (Wildman–Crippen LogP) is 0.200. The van der Waals surface area contributed by atoms with Crippen molar-refractivity contribution < 1.29 is 13.2 Å². The molecule has 0 fully saturated rings. The standard InChI is InChI=1S/C12H19N3O3S/c1-12(2,11(14)16)8-15-19(17,18)7-9-5-3-4-6-10(9)13/h3-6,15H,7-8,13H2,1-2H3,(H2,14,16). The van der Waals surface area contributed by atoms with E-state index in [0.29, 0.717) is 11.3 Å². The zero-order valence-electron chi connectivity index (χ0n) is 11.0. The van der Waals surface area contributed by atoms with Crippen molar-refractivity contribution in [2.24, 2.45) is 11.1 Å². The Labute approximate surface area is 113 Å². The van der Waals surface area contributed by atoms with Crippen molar-refractivity contribution in [1.82, 2.24) is 4.72 Å². The van der Waals surface area contributed by atoms with Gasteiger partial charge in [0, 0.05) is 12.2 Å². The molecule has 0 bridgehead atoms. The number of para-hydroxylation sites is 1. The van der Waals surface area contributed by atoms with E-state index in [1.165, 1.54) is 0 Å². The Morgan fingerprint density at radius 1 is 1.32 bits per heavy atom. The van der Waals surface area contributed by atoms with Gasteiger partial charge >= 0.3 is 0 Å². The SMILES string of the molecule is CC(C)(CNS(=O)(=O)Cc1ccccc1N)C(N)=O. The Kier molecular flexibility index (Phi) is 4.54. The van der Waals surface area contributed by atoms with E-state index in [-0.39, 0.29) is 12.3 Å². The summed E-state index contributed by atoms with van der Waals surface area (Å²) in [5.41, 5.74) is 10.9. The van der Waals surface area contributed by atoms with E-state index in [1.54, 1.807) is 38.1 Å². The zero-order chi connectivity index (χ0) is 14.7. The minimum absolute atomic E-state index is 0.0442. The maximum atomic E-state index is 11.9. The molecular formula is C12H19N3O3S. The van der Waals surface area contributed by atoms with Gasteiger partial charge < -0.3 is 11.5 Å². The molecule has 1 rings (SSSR count). The van der Waals surface area contributed by atoms with Crippen molar-refractivity contribution in [3.63, 3.8) is 0 Å². The number of nitrogens with two attached hydrogens (primary N) is 2. The monoisotopic (exact) mass is 285 g/mol. The van der Waals surface area contributed by atoms with Crippen LogP contribution in [0.1, 0.15) is 19.4 Å². The maximum Gasteiger partial charge on any atom is 0.224 e. The quantitative estimate of drug-likeness (QED) is 0.647. The van der Waals surface area contributed by atoms with Gasteiger partial charge in [0.25, 0.3) is 0 Å². The van der Waals surface area contributed by atoms with E-state index < -0.39 is 21.3 Å². The van der Waals surface area contributed by atoms with E-state index in [1.807, 2.05) is 0 Å². The molecule has 0 aliphatic heterocycles. The molecule has 1 aromatic rings. The third-order valence-corrected chi connectivity index (χ3v) is 4.08. The molecule has 19 heavy (non-hydrogen) atoms. The summed E-state index contributed by atoms with van der Waals surface area (Å²) in [6.07, 6.45) is 0. The summed E-state index contributed by atoms with van der Waals surface area (Å²) in [6, 6.07) is 6.73. The molecule has 0 unspecified atom stereocenters. The van der Waals surface area contributed by atoms with Crippen LogP contribution in [0.2, 0.25) is 0 Å². The topological polar surface area (TPSA) is 115 Å². The Hall–Kier alpha value is -1.60. The van der Waals surface area contributed by atoms with E-state index in [4.69, 9.17) is 11.5 Å². The summed E-state index contributed by atoms with van der Waals surface area (Å²) in [6.45, 7) is 3.11. The smallest absolute Gasteiger partial charge is 0.224 e. The van der Waals surface area contributed by atoms with Gasteiger partial charge in [-0.2, -0.15) is 0 Å². The van der Waals surface area contributed by atoms with Gasteiger partial charge in [-0.05, 0) is 25.5 Å². The highest BCUT2D eigenvalue weighted by Crippen LogP contribution is 2.16. The Bertz CT molecular complexity index is 567. The second-order valence-electron chi connectivity index (χ2n) is 5.03. The number of primary amides is 1. The number of nitrogen functional groups attached to an aromatic ring is 1. The molecule has 0 atom stereocenters. The minimum atomic E-state index is -3.56. The lowest BCUT2D eigenvalue weighted by Gasteiger charge is -2.20. The number of hydrogen-bond donors (Lipinski definition) is 3. The van der Waals surface area contributed by atoms with Crippen LogP contribution in [0, 0.1) is 5.41 Å². The summed E-state index contributed by atoms with van der Waals surface area (Å²) in [5, 5.41) is 0. The summed E-state index contributed by atoms with van der Waals surface area (Å²) in [7, 11) is -3.56. The van der Waals surface area contributed by atoms with Crippen LogP contribution in [0.5, 0.6) is 0 Å². The Morgan fingerprint density at radius 2 is 1.89 bits per heavy atom. The van der Waals surface area contributed by atoms with E-state index in [0.717, 1.165) is 0 Å². The molecule has 1 aromatic carbocycles. The molecule has 0 spiro atoms. The second kappa shape index (κ2) is 5.58. The predicted molar refractivity (Wildman–Crippen MR) is 74.5 cm³/mol. The molecule has 0 aliphatic rings. The summed E-state index contributed by atoms with van der Waals surface area (Å²) >= 11 is 0. The molecule has 6 nitrogen and oxygen atoms in total. The number of amides is 1. The van der Waals surface area contributed by atoms with Crippen LogP contribution in [0.25, 0.3) is 0 Å². The van der Waals surface area contributed by atoms with Crippen molar-refractivity contribution in [2.75, 3.05) is 12.3 Å². The Balaban J connectivity index is 2.74. The first-order chi connectivity index (χ1) is 8.64. The van der Waals surface area contributed by atoms with Crippen molar-refractivity contribution in [2.45, 2.75) is 19.6 Å². The number of sulfonamides is 1. The zero-order valence-corrected chi connectivity index (χ0v) is 11.8. The van der Waals surface area contributed by atoms with Crippen LogP contribution in [0.15, 0.2) is 24.3 Å². The third kappa shape index (κ3) is 4.53. The molecule has 0 heterocycles. The largest absolute Gasteiger partial charge is 0.398 e. The molecular weight excluding hydrogens is 266 g/mol. The molecule has 0 saturated carbocycles. The normalized spacial score (nSPS) is 12.3. The van der Waals surface area contributed by atoms with Crippen molar-refractivity contribution in [3.05, 3.63) is 29.8 Å². The van der Waals surface area contributed by atoms with Gasteiger partial charge in [0.05, 0.1) is 11.2 Å². The average molecular weight is 285 g/mol. The summed E-state index contributed by atoms with van der Waals surface area (Å²) in [5.74, 6) is -0.788. The lowest BCUT2D eigenvalue weighted by atomic mass is 9.93. The molecule has 0 saturated heterocycles. The first-order valence-corrected chi connectivity index (χ1v) is 7.40. The van der Waals surface area contributed by atoms with Gasteiger partial charge in [0.1, 0.15) is 0 Å². The van der Waals surface area contributed by atoms with Gasteiger partial charge in [-0.25, -0.2) is 13.1 Å². The molecule has 7 heteroatoms. The molecule has 0 aliphatic carbocycles. The molecule has 5 N–H and O–H groups in total. The van der Waals surface area contributed by atoms with E-state index >= 15 is 0 Å². The van der Waals surface area contributed by atoms with Crippen LogP contribution >= 0.6 is 0 Å². The lowest BCUT2D eigenvalue weighted by molar-refractivity contribution is -0.125. The van der Waals surface area contributed by atoms with Crippen LogP contribution in [-0.4, -0.2) is 20.9 Å². The van der Waals surface area contributed by atoms with Crippen LogP contribution in [0.4, 0.5) is 5.69 Å². The van der Waals surface area contributed by atoms with Gasteiger partial charge in [0.15, 0.2) is 0 Å². The molecule has 1 amide bonds. The fourth-order valence-electron chi connectivity index (χ4n) is 1.30. The lowest BCUT2D eigenvalue weighted by Crippen LogP contribution is -2.42. The number of benzene rings is 1. The third-order valence-electron chi connectivity index (χ3n) is 2.80. The number of carbonyl (C=O) groups is 1. The molecule has 106 valence electrons. The van der Waals surface area contributed by atoms with Gasteiger partial charge in [0.2, 0.25) is 15.9 Å². The van der Waals surface area contributed by atoms with Crippen molar-refractivity contribution in [3.8, 4) is 0 Å².